The highest BCUT2D eigenvalue weighted by Gasteiger charge is 2.21. The smallest absolute Gasteiger partial charge is 0.141 e. The van der Waals surface area contributed by atoms with Gasteiger partial charge in [0.2, 0.25) is 0 Å². The summed E-state index contributed by atoms with van der Waals surface area (Å²) in [6.07, 6.45) is 0. The fourth-order valence-electron chi connectivity index (χ4n) is 1.75. The Kier molecular flexibility index (Phi) is 5.39. The number of benzene rings is 1. The van der Waals surface area contributed by atoms with E-state index in [0.717, 1.165) is 21.3 Å². The zero-order valence-electron chi connectivity index (χ0n) is 10.2. The second kappa shape index (κ2) is 6.65. The van der Waals surface area contributed by atoms with Gasteiger partial charge in [0.25, 0.3) is 0 Å². The maximum Gasteiger partial charge on any atom is 0.141 e. The Morgan fingerprint density at radius 2 is 2.05 bits per heavy atom. The van der Waals surface area contributed by atoms with Crippen molar-refractivity contribution in [1.82, 2.24) is 0 Å². The zero-order chi connectivity index (χ0) is 14.0. The molecule has 1 aromatic heterocycles. The van der Waals surface area contributed by atoms with Crippen LogP contribution < -0.4 is 9.47 Å². The average molecular weight is 474 g/mol. The predicted molar refractivity (Wildman–Crippen MR) is 92.0 cm³/mol. The van der Waals surface area contributed by atoms with E-state index in [1.807, 2.05) is 12.1 Å². The summed E-state index contributed by atoms with van der Waals surface area (Å²) >= 11 is 14.0. The largest absolute Gasteiger partial charge is 0.495 e. The van der Waals surface area contributed by atoms with Crippen molar-refractivity contribution in [3.63, 3.8) is 0 Å². The van der Waals surface area contributed by atoms with Crippen molar-refractivity contribution in [2.75, 3.05) is 14.2 Å². The van der Waals surface area contributed by atoms with Gasteiger partial charge in [0.15, 0.2) is 0 Å². The molecular formula is C13H11BrClIO2S. The van der Waals surface area contributed by atoms with Crippen LogP contribution in [0.3, 0.4) is 0 Å². The van der Waals surface area contributed by atoms with Gasteiger partial charge in [-0.2, -0.15) is 0 Å². The van der Waals surface area contributed by atoms with Crippen molar-refractivity contribution in [3.05, 3.63) is 42.1 Å². The van der Waals surface area contributed by atoms with Crippen LogP contribution in [0.5, 0.6) is 11.5 Å². The molecule has 0 bridgehead atoms. The molecule has 0 aliphatic heterocycles. The molecule has 0 aliphatic carbocycles. The standard InChI is InChI=1S/C13H11BrClIO2S/c1-17-9-4-3-8(13(18-2)11(9)14)12(15)7-5-10(16)19-6-7/h3-6,12H,1-2H3. The van der Waals surface area contributed by atoms with E-state index in [9.17, 15) is 0 Å². The molecule has 0 saturated heterocycles. The summed E-state index contributed by atoms with van der Waals surface area (Å²) in [7, 11) is 3.25. The molecule has 0 spiro atoms. The normalized spacial score (nSPS) is 12.3. The lowest BCUT2D eigenvalue weighted by Gasteiger charge is -2.16. The van der Waals surface area contributed by atoms with Crippen LogP contribution in [-0.4, -0.2) is 14.2 Å². The van der Waals surface area contributed by atoms with E-state index in [1.54, 1.807) is 25.6 Å². The molecule has 0 saturated carbocycles. The van der Waals surface area contributed by atoms with Gasteiger partial charge in [-0.05, 0) is 67.7 Å². The highest BCUT2D eigenvalue weighted by Crippen LogP contribution is 2.44. The lowest BCUT2D eigenvalue weighted by molar-refractivity contribution is 0.386. The zero-order valence-corrected chi connectivity index (χ0v) is 15.6. The highest BCUT2D eigenvalue weighted by atomic mass is 127. The molecule has 1 unspecified atom stereocenters. The summed E-state index contributed by atoms with van der Waals surface area (Å²) in [4.78, 5) is 0. The third-order valence-corrected chi connectivity index (χ3v) is 5.71. The van der Waals surface area contributed by atoms with Crippen LogP contribution in [0.1, 0.15) is 16.5 Å². The molecule has 102 valence electrons. The molecule has 2 nitrogen and oxygen atoms in total. The first-order valence-electron chi connectivity index (χ1n) is 5.36. The third kappa shape index (κ3) is 3.20. The Morgan fingerprint density at radius 3 is 2.58 bits per heavy atom. The van der Waals surface area contributed by atoms with E-state index < -0.39 is 0 Å². The van der Waals surface area contributed by atoms with Crippen LogP contribution in [0.25, 0.3) is 0 Å². The number of methoxy groups -OCH3 is 2. The van der Waals surface area contributed by atoms with Gasteiger partial charge < -0.3 is 9.47 Å². The van der Waals surface area contributed by atoms with Gasteiger partial charge in [0.1, 0.15) is 16.0 Å². The molecule has 2 rings (SSSR count). The Balaban J connectivity index is 2.47. The molecule has 1 atom stereocenters. The Labute approximate surface area is 143 Å². The quantitative estimate of drug-likeness (QED) is 0.434. The van der Waals surface area contributed by atoms with E-state index in [1.165, 1.54) is 2.88 Å². The van der Waals surface area contributed by atoms with Gasteiger partial charge in [0.05, 0.1) is 22.5 Å². The van der Waals surface area contributed by atoms with Crippen molar-refractivity contribution >= 4 is 61.5 Å². The minimum Gasteiger partial charge on any atom is -0.495 e. The van der Waals surface area contributed by atoms with Crippen LogP contribution in [0.15, 0.2) is 28.1 Å². The number of rotatable bonds is 4. The fourth-order valence-corrected chi connectivity index (χ4v) is 4.21. The van der Waals surface area contributed by atoms with Gasteiger partial charge >= 0.3 is 0 Å². The number of hydrogen-bond acceptors (Lipinski definition) is 3. The van der Waals surface area contributed by atoms with E-state index in [0.29, 0.717) is 5.75 Å². The Bertz CT molecular complexity index is 588. The monoisotopic (exact) mass is 472 g/mol. The second-order valence-corrected chi connectivity index (χ2v) is 7.79. The van der Waals surface area contributed by atoms with Crippen molar-refractivity contribution in [2.24, 2.45) is 0 Å². The highest BCUT2D eigenvalue weighted by molar-refractivity contribution is 14.1. The predicted octanol–water partition coefficient (Wildman–Crippen LogP) is 5.46. The molecule has 6 heteroatoms. The molecule has 19 heavy (non-hydrogen) atoms. The molecular weight excluding hydrogens is 462 g/mol. The molecule has 2 aromatic rings. The van der Waals surface area contributed by atoms with Gasteiger partial charge in [-0.25, -0.2) is 0 Å². The van der Waals surface area contributed by atoms with Crippen molar-refractivity contribution in [3.8, 4) is 11.5 Å². The fraction of sp³-hybridized carbons (Fsp3) is 0.231. The molecule has 0 aliphatic rings. The maximum absolute atomic E-state index is 6.56. The van der Waals surface area contributed by atoms with Crippen LogP contribution in [0.2, 0.25) is 0 Å². The minimum absolute atomic E-state index is 0.239. The van der Waals surface area contributed by atoms with E-state index >= 15 is 0 Å². The van der Waals surface area contributed by atoms with E-state index in [-0.39, 0.29) is 5.38 Å². The molecule has 1 aromatic carbocycles. The van der Waals surface area contributed by atoms with Gasteiger partial charge in [-0.3, -0.25) is 0 Å². The molecule has 1 heterocycles. The Morgan fingerprint density at radius 1 is 1.32 bits per heavy atom. The summed E-state index contributed by atoms with van der Waals surface area (Å²) in [5.74, 6) is 1.44. The van der Waals surface area contributed by atoms with Gasteiger partial charge in [-0.15, -0.1) is 22.9 Å². The summed E-state index contributed by atoms with van der Waals surface area (Å²) < 4.78 is 12.7. The first-order chi connectivity index (χ1) is 9.08. The number of ether oxygens (including phenoxy) is 2. The number of thiophene rings is 1. The van der Waals surface area contributed by atoms with Crippen molar-refractivity contribution < 1.29 is 9.47 Å². The first kappa shape index (κ1) is 15.4. The molecule has 0 radical (unpaired) electrons. The summed E-state index contributed by atoms with van der Waals surface area (Å²) in [6.45, 7) is 0. The van der Waals surface area contributed by atoms with Crippen LogP contribution >= 0.6 is 61.5 Å². The second-order valence-electron chi connectivity index (χ2n) is 3.75. The van der Waals surface area contributed by atoms with Gasteiger partial charge in [0, 0.05) is 5.56 Å². The van der Waals surface area contributed by atoms with Gasteiger partial charge in [-0.1, -0.05) is 0 Å². The van der Waals surface area contributed by atoms with Crippen molar-refractivity contribution in [1.29, 1.82) is 0 Å². The number of hydrogen-bond donors (Lipinski definition) is 0. The maximum atomic E-state index is 6.56. The van der Waals surface area contributed by atoms with Crippen LogP contribution in [0, 0.1) is 2.88 Å². The number of alkyl halides is 1. The lowest BCUT2D eigenvalue weighted by atomic mass is 10.1. The summed E-state index contributed by atoms with van der Waals surface area (Å²) in [5.41, 5.74) is 2.00. The minimum atomic E-state index is -0.239. The van der Waals surface area contributed by atoms with Crippen LogP contribution in [0.4, 0.5) is 0 Å². The topological polar surface area (TPSA) is 18.5 Å². The lowest BCUT2D eigenvalue weighted by Crippen LogP contribution is -1.99. The number of halogens is 3. The third-order valence-electron chi connectivity index (χ3n) is 2.67. The molecule has 0 N–H and O–H groups in total. The first-order valence-corrected chi connectivity index (χ1v) is 8.55. The Hall–Kier alpha value is 0.0200. The van der Waals surface area contributed by atoms with Crippen LogP contribution in [-0.2, 0) is 0 Å². The summed E-state index contributed by atoms with van der Waals surface area (Å²) in [5, 5.41) is 1.83. The van der Waals surface area contributed by atoms with E-state index in [4.69, 9.17) is 21.1 Å². The summed E-state index contributed by atoms with van der Waals surface area (Å²) in [6, 6.07) is 5.90. The van der Waals surface area contributed by atoms with E-state index in [2.05, 4.69) is 50.0 Å². The SMILES string of the molecule is COc1ccc(C(Cl)c2csc(I)c2)c(OC)c1Br. The average Bonchev–Trinajstić information content (AvgIpc) is 2.84. The molecule has 0 fully saturated rings. The van der Waals surface area contributed by atoms with Crippen molar-refractivity contribution in [2.45, 2.75) is 5.38 Å². The molecule has 0 amide bonds.